The molecule has 13 heavy (non-hydrogen) atoms. The molecule has 72 valence electrons. The molecule has 2 rings (SSSR count). The van der Waals surface area contributed by atoms with Crippen molar-refractivity contribution in [3.05, 3.63) is 16.8 Å². The van der Waals surface area contributed by atoms with Crippen molar-refractivity contribution in [2.24, 2.45) is 5.92 Å². The van der Waals surface area contributed by atoms with Gasteiger partial charge in [-0.25, -0.2) is 0 Å². The molecule has 0 bridgehead atoms. The Morgan fingerprint density at radius 3 is 2.85 bits per heavy atom. The van der Waals surface area contributed by atoms with Gasteiger partial charge in [-0.3, -0.25) is 0 Å². The van der Waals surface area contributed by atoms with Crippen LogP contribution < -0.4 is 4.74 Å². The van der Waals surface area contributed by atoms with E-state index in [1.54, 1.807) is 11.3 Å². The average Bonchev–Trinajstić information content (AvgIpc) is 2.69. The number of thiophene rings is 1. The summed E-state index contributed by atoms with van der Waals surface area (Å²) in [5.74, 6) is 1.87. The van der Waals surface area contributed by atoms with Gasteiger partial charge in [0.15, 0.2) is 0 Å². The highest BCUT2D eigenvalue weighted by Crippen LogP contribution is 2.25. The van der Waals surface area contributed by atoms with E-state index in [9.17, 15) is 0 Å². The third kappa shape index (κ3) is 2.73. The van der Waals surface area contributed by atoms with Gasteiger partial charge in [-0.2, -0.15) is 0 Å². The first-order valence-corrected chi connectivity index (χ1v) is 6.04. The molecule has 1 heterocycles. The summed E-state index contributed by atoms with van der Waals surface area (Å²) in [7, 11) is 0. The molecule has 1 aliphatic carbocycles. The standard InChI is InChI=1S/C11H16OS/c1-2-4-10(5-3-1)8-12-11-6-7-13-9-11/h6-7,9-10H,1-5,8H2. The maximum atomic E-state index is 5.70. The summed E-state index contributed by atoms with van der Waals surface area (Å²) in [6, 6.07) is 2.05. The summed E-state index contributed by atoms with van der Waals surface area (Å²) < 4.78 is 5.70. The van der Waals surface area contributed by atoms with Gasteiger partial charge in [0.2, 0.25) is 0 Å². The van der Waals surface area contributed by atoms with Gasteiger partial charge in [0.05, 0.1) is 6.61 Å². The highest BCUT2D eigenvalue weighted by Gasteiger charge is 2.13. The maximum absolute atomic E-state index is 5.70. The molecule has 0 atom stereocenters. The Hall–Kier alpha value is -0.500. The minimum Gasteiger partial charge on any atom is -0.492 e. The number of rotatable bonds is 3. The molecule has 0 N–H and O–H groups in total. The molecule has 0 unspecified atom stereocenters. The number of ether oxygens (including phenoxy) is 1. The highest BCUT2D eigenvalue weighted by molar-refractivity contribution is 7.08. The lowest BCUT2D eigenvalue weighted by Gasteiger charge is -2.21. The molecule has 1 saturated carbocycles. The van der Waals surface area contributed by atoms with Crippen LogP contribution in [-0.4, -0.2) is 6.61 Å². The fourth-order valence-corrected chi connectivity index (χ4v) is 2.47. The van der Waals surface area contributed by atoms with E-state index >= 15 is 0 Å². The van der Waals surface area contributed by atoms with E-state index in [0.717, 1.165) is 18.3 Å². The molecule has 1 nitrogen and oxygen atoms in total. The second kappa shape index (κ2) is 4.66. The molecule has 1 aromatic heterocycles. The van der Waals surface area contributed by atoms with Crippen molar-refractivity contribution in [2.45, 2.75) is 32.1 Å². The van der Waals surface area contributed by atoms with Crippen LogP contribution in [0.1, 0.15) is 32.1 Å². The zero-order valence-electron chi connectivity index (χ0n) is 7.87. The summed E-state index contributed by atoms with van der Waals surface area (Å²) in [5, 5.41) is 4.14. The summed E-state index contributed by atoms with van der Waals surface area (Å²) in [4.78, 5) is 0. The van der Waals surface area contributed by atoms with E-state index < -0.39 is 0 Å². The lowest BCUT2D eigenvalue weighted by atomic mass is 9.90. The summed E-state index contributed by atoms with van der Waals surface area (Å²) in [6.45, 7) is 0.927. The Balaban J connectivity index is 1.72. The Kier molecular flexibility index (Phi) is 3.25. The van der Waals surface area contributed by atoms with Gasteiger partial charge >= 0.3 is 0 Å². The normalized spacial score (nSPS) is 18.8. The van der Waals surface area contributed by atoms with E-state index in [1.165, 1.54) is 32.1 Å². The van der Waals surface area contributed by atoms with Gasteiger partial charge < -0.3 is 4.74 Å². The van der Waals surface area contributed by atoms with Crippen LogP contribution >= 0.6 is 11.3 Å². The summed E-state index contributed by atoms with van der Waals surface area (Å²) in [5.41, 5.74) is 0. The molecular formula is C11H16OS. The molecule has 2 heteroatoms. The van der Waals surface area contributed by atoms with Crippen LogP contribution in [0.25, 0.3) is 0 Å². The second-order valence-corrected chi connectivity index (χ2v) is 4.55. The second-order valence-electron chi connectivity index (χ2n) is 3.77. The maximum Gasteiger partial charge on any atom is 0.129 e. The van der Waals surface area contributed by atoms with Gasteiger partial charge in [-0.05, 0) is 30.2 Å². The van der Waals surface area contributed by atoms with Gasteiger partial charge in [0.1, 0.15) is 5.75 Å². The Labute approximate surface area is 83.7 Å². The molecule has 0 spiro atoms. The first-order chi connectivity index (χ1) is 6.45. The zero-order valence-corrected chi connectivity index (χ0v) is 8.69. The third-order valence-electron chi connectivity index (χ3n) is 2.71. The topological polar surface area (TPSA) is 9.23 Å². The zero-order chi connectivity index (χ0) is 8.93. The highest BCUT2D eigenvalue weighted by atomic mass is 32.1. The first-order valence-electron chi connectivity index (χ1n) is 5.10. The predicted octanol–water partition coefficient (Wildman–Crippen LogP) is 3.71. The Morgan fingerprint density at radius 1 is 1.31 bits per heavy atom. The average molecular weight is 196 g/mol. The van der Waals surface area contributed by atoms with Crippen molar-refractivity contribution in [3.8, 4) is 5.75 Å². The minimum atomic E-state index is 0.814. The van der Waals surface area contributed by atoms with Gasteiger partial charge in [0.25, 0.3) is 0 Å². The van der Waals surface area contributed by atoms with Crippen LogP contribution in [0.2, 0.25) is 0 Å². The van der Waals surface area contributed by atoms with Gasteiger partial charge in [0, 0.05) is 5.38 Å². The fraction of sp³-hybridized carbons (Fsp3) is 0.636. The van der Waals surface area contributed by atoms with Crippen LogP contribution in [0.15, 0.2) is 16.8 Å². The first kappa shape index (κ1) is 9.07. The van der Waals surface area contributed by atoms with Crippen molar-refractivity contribution in [1.29, 1.82) is 0 Å². The van der Waals surface area contributed by atoms with Crippen LogP contribution in [0, 0.1) is 5.92 Å². The van der Waals surface area contributed by atoms with Crippen LogP contribution in [-0.2, 0) is 0 Å². The lowest BCUT2D eigenvalue weighted by molar-refractivity contribution is 0.209. The SMILES string of the molecule is c1cc(OCC2CCCCC2)cs1. The van der Waals surface area contributed by atoms with Crippen molar-refractivity contribution in [2.75, 3.05) is 6.61 Å². The molecule has 0 saturated heterocycles. The van der Waals surface area contributed by atoms with Crippen molar-refractivity contribution in [1.82, 2.24) is 0 Å². The summed E-state index contributed by atoms with van der Waals surface area (Å²) >= 11 is 1.70. The van der Waals surface area contributed by atoms with E-state index in [2.05, 4.69) is 10.8 Å². The third-order valence-corrected chi connectivity index (χ3v) is 3.37. The van der Waals surface area contributed by atoms with Crippen molar-refractivity contribution in [3.63, 3.8) is 0 Å². The smallest absolute Gasteiger partial charge is 0.129 e. The quantitative estimate of drug-likeness (QED) is 0.716. The number of hydrogen-bond donors (Lipinski definition) is 0. The minimum absolute atomic E-state index is 0.814. The van der Waals surface area contributed by atoms with E-state index in [1.807, 2.05) is 6.07 Å². The van der Waals surface area contributed by atoms with E-state index in [4.69, 9.17) is 4.74 Å². The molecule has 0 radical (unpaired) electrons. The summed E-state index contributed by atoms with van der Waals surface area (Å²) in [6.07, 6.45) is 6.96. The van der Waals surface area contributed by atoms with E-state index in [-0.39, 0.29) is 0 Å². The Morgan fingerprint density at radius 2 is 2.15 bits per heavy atom. The molecule has 0 aliphatic heterocycles. The molecule has 0 aromatic carbocycles. The molecule has 1 fully saturated rings. The predicted molar refractivity (Wildman–Crippen MR) is 56.4 cm³/mol. The fourth-order valence-electron chi connectivity index (χ4n) is 1.90. The lowest BCUT2D eigenvalue weighted by Crippen LogP contribution is -2.14. The van der Waals surface area contributed by atoms with Crippen LogP contribution in [0.4, 0.5) is 0 Å². The van der Waals surface area contributed by atoms with Gasteiger partial charge in [-0.15, -0.1) is 11.3 Å². The monoisotopic (exact) mass is 196 g/mol. The molecule has 0 amide bonds. The Bertz CT molecular complexity index is 224. The van der Waals surface area contributed by atoms with E-state index in [0.29, 0.717) is 0 Å². The van der Waals surface area contributed by atoms with Crippen LogP contribution in [0.5, 0.6) is 5.75 Å². The molecule has 1 aromatic rings. The largest absolute Gasteiger partial charge is 0.492 e. The van der Waals surface area contributed by atoms with Crippen LogP contribution in [0.3, 0.4) is 0 Å². The molecular weight excluding hydrogens is 180 g/mol. The molecule has 1 aliphatic rings. The number of hydrogen-bond acceptors (Lipinski definition) is 2. The van der Waals surface area contributed by atoms with Crippen molar-refractivity contribution < 1.29 is 4.74 Å². The van der Waals surface area contributed by atoms with Crippen molar-refractivity contribution >= 4 is 11.3 Å². The van der Waals surface area contributed by atoms with Gasteiger partial charge in [-0.1, -0.05) is 19.3 Å².